The fourth-order valence-electron chi connectivity index (χ4n) is 1.69. The van der Waals surface area contributed by atoms with E-state index in [0.717, 1.165) is 6.42 Å². The molecule has 1 heterocycles. The van der Waals surface area contributed by atoms with Crippen LogP contribution in [0.25, 0.3) is 0 Å². The summed E-state index contributed by atoms with van der Waals surface area (Å²) in [7, 11) is 0. The second kappa shape index (κ2) is 3.00. The molecule has 12 heavy (non-hydrogen) atoms. The molecule has 1 aliphatic heterocycles. The Labute approximate surface area is 71.8 Å². The van der Waals surface area contributed by atoms with Gasteiger partial charge in [0.25, 0.3) is 0 Å². The van der Waals surface area contributed by atoms with Gasteiger partial charge in [-0.15, -0.1) is 0 Å². The molecule has 0 spiro atoms. The molecule has 2 aliphatic rings. The predicted molar refractivity (Wildman–Crippen MR) is 45.9 cm³/mol. The van der Waals surface area contributed by atoms with Crippen LogP contribution in [0.4, 0.5) is 0 Å². The van der Waals surface area contributed by atoms with Crippen LogP contribution in [0.2, 0.25) is 0 Å². The lowest BCUT2D eigenvalue weighted by atomic mass is 9.89. The fourth-order valence-corrected chi connectivity index (χ4v) is 1.69. The number of rotatable bonds is 0. The molecular formula is C9H11N3. The molecule has 1 aliphatic carbocycles. The predicted octanol–water partition coefficient (Wildman–Crippen LogP) is 0.489. The lowest BCUT2D eigenvalue weighted by molar-refractivity contribution is 0.378. The molecule has 0 radical (unpaired) electrons. The Hall–Kier alpha value is -1.27. The van der Waals surface area contributed by atoms with E-state index in [0.29, 0.717) is 12.6 Å². The first-order valence-electron chi connectivity index (χ1n) is 4.15. The SMILES string of the molecule is N#CC1NCNC2=CC=CCC21. The molecule has 2 N–H and O–H groups in total. The molecule has 1 fully saturated rings. The number of hydrogen-bond acceptors (Lipinski definition) is 3. The number of fused-ring (bicyclic) bond motifs is 1. The number of nitrogens with one attached hydrogen (secondary N) is 2. The van der Waals surface area contributed by atoms with Gasteiger partial charge in [-0.3, -0.25) is 5.32 Å². The smallest absolute Gasteiger partial charge is 0.105 e. The van der Waals surface area contributed by atoms with E-state index in [-0.39, 0.29) is 6.04 Å². The van der Waals surface area contributed by atoms with Crippen molar-refractivity contribution in [1.82, 2.24) is 10.6 Å². The monoisotopic (exact) mass is 161 g/mol. The van der Waals surface area contributed by atoms with Crippen LogP contribution in [0.3, 0.4) is 0 Å². The second-order valence-electron chi connectivity index (χ2n) is 3.06. The van der Waals surface area contributed by atoms with Crippen LogP contribution in [0.5, 0.6) is 0 Å². The summed E-state index contributed by atoms with van der Waals surface area (Å²) in [6.45, 7) is 0.703. The van der Waals surface area contributed by atoms with Crippen LogP contribution in [-0.4, -0.2) is 12.7 Å². The van der Waals surface area contributed by atoms with E-state index in [1.54, 1.807) is 0 Å². The third-order valence-corrected chi connectivity index (χ3v) is 2.36. The molecule has 0 aromatic rings. The van der Waals surface area contributed by atoms with Gasteiger partial charge in [-0.1, -0.05) is 12.2 Å². The van der Waals surface area contributed by atoms with Gasteiger partial charge >= 0.3 is 0 Å². The van der Waals surface area contributed by atoms with Crippen LogP contribution in [0.1, 0.15) is 6.42 Å². The van der Waals surface area contributed by atoms with Crippen molar-refractivity contribution in [3.05, 3.63) is 23.9 Å². The molecule has 0 aromatic heterocycles. The van der Waals surface area contributed by atoms with E-state index in [9.17, 15) is 0 Å². The van der Waals surface area contributed by atoms with Gasteiger partial charge in [0, 0.05) is 11.6 Å². The van der Waals surface area contributed by atoms with Crippen LogP contribution in [0, 0.1) is 17.2 Å². The Bertz CT molecular complexity index is 272. The van der Waals surface area contributed by atoms with Crippen LogP contribution in [0.15, 0.2) is 23.9 Å². The summed E-state index contributed by atoms with van der Waals surface area (Å²) in [5.74, 6) is 0.328. The quantitative estimate of drug-likeness (QED) is 0.543. The first-order chi connectivity index (χ1) is 5.92. The highest BCUT2D eigenvalue weighted by molar-refractivity contribution is 5.25. The first kappa shape index (κ1) is 7.38. The summed E-state index contributed by atoms with van der Waals surface area (Å²) in [4.78, 5) is 0. The number of nitrogens with zero attached hydrogens (tertiary/aromatic N) is 1. The molecule has 0 saturated carbocycles. The topological polar surface area (TPSA) is 47.9 Å². The summed E-state index contributed by atoms with van der Waals surface area (Å²) in [6, 6.07) is 2.25. The second-order valence-corrected chi connectivity index (χ2v) is 3.06. The molecule has 3 nitrogen and oxygen atoms in total. The first-order valence-corrected chi connectivity index (χ1v) is 4.15. The Morgan fingerprint density at radius 1 is 1.58 bits per heavy atom. The summed E-state index contributed by atoms with van der Waals surface area (Å²) in [6.07, 6.45) is 7.16. The minimum Gasteiger partial charge on any atom is -0.375 e. The normalized spacial score (nSPS) is 32.8. The van der Waals surface area contributed by atoms with Gasteiger partial charge < -0.3 is 5.32 Å². The van der Waals surface area contributed by atoms with Gasteiger partial charge in [0.1, 0.15) is 6.04 Å². The highest BCUT2D eigenvalue weighted by Crippen LogP contribution is 2.23. The fraction of sp³-hybridized carbons (Fsp3) is 0.444. The third-order valence-electron chi connectivity index (χ3n) is 2.36. The van der Waals surface area contributed by atoms with Crippen molar-refractivity contribution >= 4 is 0 Å². The number of hydrogen-bond donors (Lipinski definition) is 2. The average molecular weight is 161 g/mol. The van der Waals surface area contributed by atoms with Crippen LogP contribution >= 0.6 is 0 Å². The Kier molecular flexibility index (Phi) is 1.84. The van der Waals surface area contributed by atoms with E-state index < -0.39 is 0 Å². The Morgan fingerprint density at radius 3 is 3.33 bits per heavy atom. The van der Waals surface area contributed by atoms with Crippen molar-refractivity contribution in [2.45, 2.75) is 12.5 Å². The maximum absolute atomic E-state index is 8.84. The highest BCUT2D eigenvalue weighted by atomic mass is 15.1. The standard InChI is InChI=1S/C9H11N3/c10-5-9-7-3-1-2-4-8(7)11-6-12-9/h1-2,4,7,9,11-12H,3,6H2. The van der Waals surface area contributed by atoms with Gasteiger partial charge in [-0.05, 0) is 12.5 Å². The zero-order chi connectivity index (χ0) is 8.39. The molecule has 3 heteroatoms. The third kappa shape index (κ3) is 1.10. The van der Waals surface area contributed by atoms with Crippen molar-refractivity contribution in [3.63, 3.8) is 0 Å². The van der Waals surface area contributed by atoms with Crippen molar-refractivity contribution < 1.29 is 0 Å². The van der Waals surface area contributed by atoms with E-state index in [1.165, 1.54) is 5.70 Å². The lowest BCUT2D eigenvalue weighted by Gasteiger charge is -2.32. The highest BCUT2D eigenvalue weighted by Gasteiger charge is 2.28. The van der Waals surface area contributed by atoms with Gasteiger partial charge in [-0.2, -0.15) is 5.26 Å². The average Bonchev–Trinajstić information content (AvgIpc) is 2.17. The van der Waals surface area contributed by atoms with Crippen molar-refractivity contribution in [2.24, 2.45) is 5.92 Å². The van der Waals surface area contributed by atoms with E-state index >= 15 is 0 Å². The van der Waals surface area contributed by atoms with Gasteiger partial charge in [0.05, 0.1) is 12.7 Å². The van der Waals surface area contributed by atoms with Crippen molar-refractivity contribution in [1.29, 1.82) is 5.26 Å². The molecule has 1 saturated heterocycles. The minimum atomic E-state index is -0.0255. The van der Waals surface area contributed by atoms with E-state index in [4.69, 9.17) is 5.26 Å². The van der Waals surface area contributed by atoms with Gasteiger partial charge in [0.2, 0.25) is 0 Å². The molecule has 2 unspecified atom stereocenters. The van der Waals surface area contributed by atoms with Crippen LogP contribution in [-0.2, 0) is 0 Å². The van der Waals surface area contributed by atoms with Gasteiger partial charge in [-0.25, -0.2) is 0 Å². The lowest BCUT2D eigenvalue weighted by Crippen LogP contribution is -2.49. The molecule has 0 aromatic carbocycles. The summed E-state index contributed by atoms with van der Waals surface area (Å²) in [5, 5.41) is 15.2. The maximum atomic E-state index is 8.84. The molecule has 62 valence electrons. The van der Waals surface area contributed by atoms with Crippen LogP contribution < -0.4 is 10.6 Å². The molecule has 2 atom stereocenters. The summed E-state index contributed by atoms with van der Waals surface area (Å²) >= 11 is 0. The maximum Gasteiger partial charge on any atom is 0.105 e. The van der Waals surface area contributed by atoms with E-state index in [2.05, 4.69) is 28.9 Å². The molecule has 0 bridgehead atoms. The number of allylic oxidation sites excluding steroid dienone is 3. The molecule has 0 amide bonds. The Balaban J connectivity index is 2.21. The van der Waals surface area contributed by atoms with E-state index in [1.807, 2.05) is 6.08 Å². The molecular weight excluding hydrogens is 150 g/mol. The summed E-state index contributed by atoms with van der Waals surface area (Å²) in [5.41, 5.74) is 1.20. The summed E-state index contributed by atoms with van der Waals surface area (Å²) < 4.78 is 0. The zero-order valence-electron chi connectivity index (χ0n) is 6.75. The Morgan fingerprint density at radius 2 is 2.50 bits per heavy atom. The van der Waals surface area contributed by atoms with Crippen molar-refractivity contribution in [2.75, 3.05) is 6.67 Å². The molecule has 2 rings (SSSR count). The van der Waals surface area contributed by atoms with Crippen molar-refractivity contribution in [3.8, 4) is 6.07 Å². The largest absolute Gasteiger partial charge is 0.375 e. The minimum absolute atomic E-state index is 0.0255. The van der Waals surface area contributed by atoms with Gasteiger partial charge in [0.15, 0.2) is 0 Å². The zero-order valence-corrected chi connectivity index (χ0v) is 6.75. The number of nitriles is 1.